The minimum absolute atomic E-state index is 0.122. The molecule has 0 saturated carbocycles. The van der Waals surface area contributed by atoms with Crippen LogP contribution in [0.3, 0.4) is 0 Å². The van der Waals surface area contributed by atoms with Crippen LogP contribution in [0.25, 0.3) is 11.3 Å². The van der Waals surface area contributed by atoms with Gasteiger partial charge in [-0.1, -0.05) is 29.3 Å². The molecule has 2 amide bonds. The first-order valence-electron chi connectivity index (χ1n) is 8.39. The molecule has 1 aromatic heterocycles. The zero-order valence-corrected chi connectivity index (χ0v) is 15.4. The first-order chi connectivity index (χ1) is 12.5. The highest BCUT2D eigenvalue weighted by Gasteiger charge is 2.37. The number of rotatable bonds is 2. The van der Waals surface area contributed by atoms with Crippen LogP contribution < -0.4 is 0 Å². The van der Waals surface area contributed by atoms with Crippen LogP contribution in [-0.4, -0.2) is 57.3 Å². The monoisotopic (exact) mass is 390 g/mol. The molecule has 0 aliphatic carbocycles. The van der Waals surface area contributed by atoms with E-state index < -0.39 is 0 Å². The molecule has 0 bridgehead atoms. The molecule has 134 valence electrons. The van der Waals surface area contributed by atoms with Gasteiger partial charge in [0, 0.05) is 37.7 Å². The Morgan fingerprint density at radius 3 is 2.77 bits per heavy atom. The van der Waals surface area contributed by atoms with E-state index in [-0.39, 0.29) is 17.9 Å². The maximum Gasteiger partial charge on any atom is 0.272 e. The number of benzene rings is 1. The summed E-state index contributed by atoms with van der Waals surface area (Å²) in [5.74, 6) is 0.0405. The van der Waals surface area contributed by atoms with Crippen molar-refractivity contribution in [2.45, 2.75) is 18.9 Å². The molecular weight excluding hydrogens is 375 g/mol. The maximum absolute atomic E-state index is 12.9. The second-order valence-corrected chi connectivity index (χ2v) is 7.26. The summed E-state index contributed by atoms with van der Waals surface area (Å²) >= 11 is 12.0. The zero-order valence-electron chi connectivity index (χ0n) is 13.9. The molecule has 26 heavy (non-hydrogen) atoms. The van der Waals surface area contributed by atoms with Crippen LogP contribution in [0.1, 0.15) is 23.3 Å². The number of fused-ring (bicyclic) bond motifs is 1. The van der Waals surface area contributed by atoms with Crippen LogP contribution in [0.4, 0.5) is 0 Å². The van der Waals surface area contributed by atoms with Crippen molar-refractivity contribution in [3.8, 4) is 11.3 Å². The lowest BCUT2D eigenvalue weighted by Crippen LogP contribution is -2.53. The highest BCUT2D eigenvalue weighted by molar-refractivity contribution is 6.42. The molecule has 0 N–H and O–H groups in total. The van der Waals surface area contributed by atoms with Gasteiger partial charge in [-0.25, -0.2) is 9.97 Å². The van der Waals surface area contributed by atoms with E-state index in [0.717, 1.165) is 12.0 Å². The highest BCUT2D eigenvalue weighted by Crippen LogP contribution is 2.28. The third-order valence-electron chi connectivity index (χ3n) is 4.88. The van der Waals surface area contributed by atoms with Crippen LogP contribution in [0.2, 0.25) is 10.0 Å². The minimum Gasteiger partial charge on any atom is -0.336 e. The molecule has 1 unspecified atom stereocenters. The first kappa shape index (κ1) is 17.2. The minimum atomic E-state index is -0.146. The van der Waals surface area contributed by atoms with Crippen molar-refractivity contribution in [2.75, 3.05) is 19.6 Å². The lowest BCUT2D eigenvalue weighted by atomic mass is 10.1. The zero-order chi connectivity index (χ0) is 18.3. The van der Waals surface area contributed by atoms with Gasteiger partial charge >= 0.3 is 0 Å². The summed E-state index contributed by atoms with van der Waals surface area (Å²) < 4.78 is 0. The molecule has 2 aliphatic heterocycles. The van der Waals surface area contributed by atoms with Gasteiger partial charge in [0.1, 0.15) is 12.0 Å². The average molecular weight is 391 g/mol. The van der Waals surface area contributed by atoms with Gasteiger partial charge in [-0.2, -0.15) is 0 Å². The molecule has 1 atom stereocenters. The highest BCUT2D eigenvalue weighted by atomic mass is 35.5. The number of aromatic nitrogens is 2. The summed E-state index contributed by atoms with van der Waals surface area (Å²) in [6.07, 6.45) is 2.75. The molecule has 2 aromatic rings. The van der Waals surface area contributed by atoms with Crippen molar-refractivity contribution >= 4 is 35.0 Å². The fourth-order valence-corrected chi connectivity index (χ4v) is 3.80. The van der Waals surface area contributed by atoms with E-state index in [9.17, 15) is 9.59 Å². The van der Waals surface area contributed by atoms with Gasteiger partial charge < -0.3 is 9.80 Å². The van der Waals surface area contributed by atoms with Gasteiger partial charge in [-0.05, 0) is 24.6 Å². The second-order valence-electron chi connectivity index (χ2n) is 6.45. The molecule has 1 aromatic carbocycles. The number of hydrogen-bond acceptors (Lipinski definition) is 4. The Bertz CT molecular complexity index is 889. The van der Waals surface area contributed by atoms with Crippen LogP contribution in [-0.2, 0) is 4.79 Å². The van der Waals surface area contributed by atoms with Crippen LogP contribution in [0.5, 0.6) is 0 Å². The van der Waals surface area contributed by atoms with E-state index in [1.807, 2.05) is 4.90 Å². The van der Waals surface area contributed by atoms with Crippen LogP contribution in [0, 0.1) is 0 Å². The number of amides is 2. The Hall–Kier alpha value is -2.18. The third-order valence-corrected chi connectivity index (χ3v) is 5.62. The van der Waals surface area contributed by atoms with Gasteiger partial charge in [0.25, 0.3) is 5.91 Å². The SMILES string of the molecule is O=C(c1cc(-c2ccc(Cl)c(Cl)c2)ncn1)N1CCN2C(=O)CCC2C1. The Labute approximate surface area is 160 Å². The Balaban J connectivity index is 1.55. The smallest absolute Gasteiger partial charge is 0.272 e. The summed E-state index contributed by atoms with van der Waals surface area (Å²) in [4.78, 5) is 36.7. The fourth-order valence-electron chi connectivity index (χ4n) is 3.50. The number of hydrogen-bond donors (Lipinski definition) is 0. The number of carbonyl (C=O) groups excluding carboxylic acids is 2. The molecule has 0 radical (unpaired) electrons. The second kappa shape index (κ2) is 6.85. The van der Waals surface area contributed by atoms with Crippen LogP contribution >= 0.6 is 23.2 Å². The van der Waals surface area contributed by atoms with E-state index >= 15 is 0 Å². The Morgan fingerprint density at radius 1 is 1.12 bits per heavy atom. The summed E-state index contributed by atoms with van der Waals surface area (Å²) in [5, 5.41) is 0.891. The van der Waals surface area contributed by atoms with Crippen molar-refractivity contribution < 1.29 is 9.59 Å². The molecule has 4 rings (SSSR count). The van der Waals surface area contributed by atoms with Crippen molar-refractivity contribution in [2.24, 2.45) is 0 Å². The molecule has 0 spiro atoms. The maximum atomic E-state index is 12.9. The molecular formula is C18H16Cl2N4O2. The summed E-state index contributed by atoms with van der Waals surface area (Å²) in [6, 6.07) is 6.99. The molecule has 8 heteroatoms. The van der Waals surface area contributed by atoms with E-state index in [0.29, 0.717) is 47.5 Å². The molecule has 2 saturated heterocycles. The average Bonchev–Trinajstić information content (AvgIpc) is 3.04. The van der Waals surface area contributed by atoms with Gasteiger partial charge in [0.05, 0.1) is 15.7 Å². The molecule has 2 fully saturated rings. The standard InChI is InChI=1S/C18H16Cl2N4O2/c19-13-3-1-11(7-14(13)20)15-8-16(22-10-21-15)18(26)23-5-6-24-12(9-23)2-4-17(24)25/h1,3,7-8,10,12H,2,4-6,9H2. The normalized spacial score (nSPS) is 19.6. The summed E-state index contributed by atoms with van der Waals surface area (Å²) in [6.45, 7) is 1.66. The lowest BCUT2D eigenvalue weighted by Gasteiger charge is -2.37. The van der Waals surface area contributed by atoms with Gasteiger partial charge in [-0.15, -0.1) is 0 Å². The predicted octanol–water partition coefficient (Wildman–Crippen LogP) is 2.90. The van der Waals surface area contributed by atoms with E-state index in [4.69, 9.17) is 23.2 Å². The van der Waals surface area contributed by atoms with Crippen molar-refractivity contribution in [3.05, 3.63) is 46.3 Å². The van der Waals surface area contributed by atoms with Crippen molar-refractivity contribution in [3.63, 3.8) is 0 Å². The number of piperazine rings is 1. The largest absolute Gasteiger partial charge is 0.336 e. The van der Waals surface area contributed by atoms with Gasteiger partial charge in [0.15, 0.2) is 0 Å². The molecule has 2 aliphatic rings. The van der Waals surface area contributed by atoms with Crippen molar-refractivity contribution in [1.82, 2.24) is 19.8 Å². The molecule has 3 heterocycles. The number of halogens is 2. The summed E-state index contributed by atoms with van der Waals surface area (Å²) in [5.41, 5.74) is 1.71. The van der Waals surface area contributed by atoms with Gasteiger partial charge in [0.2, 0.25) is 5.91 Å². The summed E-state index contributed by atoms with van der Waals surface area (Å²) in [7, 11) is 0. The number of carbonyl (C=O) groups is 2. The van der Waals surface area contributed by atoms with E-state index in [1.54, 1.807) is 29.2 Å². The van der Waals surface area contributed by atoms with Crippen LogP contribution in [0.15, 0.2) is 30.6 Å². The first-order valence-corrected chi connectivity index (χ1v) is 9.15. The molecule has 6 nitrogen and oxygen atoms in total. The number of nitrogens with zero attached hydrogens (tertiary/aromatic N) is 4. The predicted molar refractivity (Wildman–Crippen MR) is 98.1 cm³/mol. The lowest BCUT2D eigenvalue weighted by molar-refractivity contribution is -0.130. The Morgan fingerprint density at radius 2 is 1.96 bits per heavy atom. The Kier molecular flexibility index (Phi) is 4.54. The van der Waals surface area contributed by atoms with Gasteiger partial charge in [-0.3, -0.25) is 9.59 Å². The third kappa shape index (κ3) is 3.15. The van der Waals surface area contributed by atoms with Crippen molar-refractivity contribution in [1.29, 1.82) is 0 Å². The quantitative estimate of drug-likeness (QED) is 0.790. The topological polar surface area (TPSA) is 66.4 Å². The van der Waals surface area contributed by atoms with E-state index in [1.165, 1.54) is 6.33 Å². The fraction of sp³-hybridized carbons (Fsp3) is 0.333. The van der Waals surface area contributed by atoms with E-state index in [2.05, 4.69) is 9.97 Å².